The topological polar surface area (TPSA) is 87.1 Å². The molecule has 0 aromatic heterocycles. The molecule has 1 fully saturated rings. The first-order valence-electron chi connectivity index (χ1n) is 5.08. The molecule has 0 aromatic rings. The molecule has 2 N–H and O–H groups in total. The highest BCUT2D eigenvalue weighted by Gasteiger charge is 2.39. The summed E-state index contributed by atoms with van der Waals surface area (Å²) in [6.45, 7) is 4.98. The van der Waals surface area contributed by atoms with Gasteiger partial charge in [0, 0.05) is 6.42 Å². The molecule has 0 radical (unpaired) electrons. The van der Waals surface area contributed by atoms with Crippen molar-refractivity contribution in [1.82, 2.24) is 4.90 Å². The van der Waals surface area contributed by atoms with Gasteiger partial charge in [-0.2, -0.15) is 0 Å². The van der Waals surface area contributed by atoms with Crippen molar-refractivity contribution in [1.29, 1.82) is 0 Å². The molecule has 6 nitrogen and oxygen atoms in total. The largest absolute Gasteiger partial charge is 0.444 e. The molecule has 0 aromatic carbocycles. The van der Waals surface area contributed by atoms with Crippen LogP contribution in [0, 0.1) is 0 Å². The summed E-state index contributed by atoms with van der Waals surface area (Å²) >= 11 is 0. The van der Waals surface area contributed by atoms with Crippen molar-refractivity contribution in [2.45, 2.75) is 45.1 Å². The molecule has 0 aliphatic carbocycles. The second-order valence-corrected chi connectivity index (χ2v) is 4.83. The molecule has 1 saturated heterocycles. The van der Waals surface area contributed by atoms with E-state index in [2.05, 4.69) is 0 Å². The number of Topliss-reactive ketones (excluding diaryl/α,β-unsaturated/α-hetero) is 1. The Morgan fingerprint density at radius 2 is 2.06 bits per heavy atom. The zero-order valence-corrected chi connectivity index (χ0v) is 9.64. The van der Waals surface area contributed by atoms with E-state index < -0.39 is 24.0 Å². The summed E-state index contributed by atoms with van der Waals surface area (Å²) in [5, 5.41) is 18.1. The highest BCUT2D eigenvalue weighted by Crippen LogP contribution is 2.20. The van der Waals surface area contributed by atoms with Gasteiger partial charge in [0.05, 0.1) is 12.6 Å². The zero-order valence-electron chi connectivity index (χ0n) is 9.64. The molecule has 1 aliphatic rings. The van der Waals surface area contributed by atoms with E-state index >= 15 is 0 Å². The summed E-state index contributed by atoms with van der Waals surface area (Å²) < 4.78 is 5.06. The lowest BCUT2D eigenvalue weighted by Crippen LogP contribution is -2.45. The number of hydrogen-bond donors (Lipinski definition) is 2. The molecule has 1 aliphatic heterocycles. The normalized spacial score (nSPS) is 21.8. The molecule has 1 atom stereocenters. The van der Waals surface area contributed by atoms with Crippen LogP contribution in [0.15, 0.2) is 0 Å². The van der Waals surface area contributed by atoms with Gasteiger partial charge < -0.3 is 14.9 Å². The fourth-order valence-corrected chi connectivity index (χ4v) is 1.50. The standard InChI is InChI=1S/C10H17NO5/c1-10(2,3)16-9(15)11-5-6(12)4-7(11)8(13)14/h7-8,13-14H,4-5H2,1-3H3/t7-/m1/s1. The lowest BCUT2D eigenvalue weighted by molar-refractivity contribution is -0.117. The van der Waals surface area contributed by atoms with Crippen LogP contribution in [-0.4, -0.2) is 51.5 Å². The molecule has 0 saturated carbocycles. The van der Waals surface area contributed by atoms with Crippen molar-refractivity contribution in [3.63, 3.8) is 0 Å². The Balaban J connectivity index is 2.71. The molecule has 92 valence electrons. The van der Waals surface area contributed by atoms with Crippen molar-refractivity contribution in [3.05, 3.63) is 0 Å². The molecular formula is C10H17NO5. The second kappa shape index (κ2) is 4.39. The number of amides is 1. The molecule has 16 heavy (non-hydrogen) atoms. The summed E-state index contributed by atoms with van der Waals surface area (Å²) in [6.07, 6.45) is -2.47. The first-order chi connectivity index (χ1) is 7.20. The predicted octanol–water partition coefficient (Wildman–Crippen LogP) is -0.124. The van der Waals surface area contributed by atoms with Crippen LogP contribution in [0.3, 0.4) is 0 Å². The number of ether oxygens (including phenoxy) is 1. The maximum Gasteiger partial charge on any atom is 0.411 e. The van der Waals surface area contributed by atoms with E-state index in [0.29, 0.717) is 0 Å². The van der Waals surface area contributed by atoms with Gasteiger partial charge in [0.25, 0.3) is 0 Å². The van der Waals surface area contributed by atoms with E-state index in [1.165, 1.54) is 0 Å². The monoisotopic (exact) mass is 231 g/mol. The maximum absolute atomic E-state index is 11.7. The molecule has 0 unspecified atom stereocenters. The lowest BCUT2D eigenvalue weighted by Gasteiger charge is -2.28. The van der Waals surface area contributed by atoms with Crippen LogP contribution in [0.25, 0.3) is 0 Å². The Bertz CT molecular complexity index is 294. The minimum atomic E-state index is -1.72. The first kappa shape index (κ1) is 12.9. The maximum atomic E-state index is 11.7. The molecule has 0 spiro atoms. The number of aliphatic hydroxyl groups excluding tert-OH is 1. The number of carbonyl (C=O) groups excluding carboxylic acids is 2. The van der Waals surface area contributed by atoms with E-state index in [0.717, 1.165) is 4.90 Å². The van der Waals surface area contributed by atoms with Gasteiger partial charge in [0.15, 0.2) is 12.1 Å². The SMILES string of the molecule is CC(C)(C)OC(=O)N1CC(=O)C[C@@H]1C(O)O. The third-order valence-electron chi connectivity index (χ3n) is 2.16. The van der Waals surface area contributed by atoms with Crippen LogP contribution in [0.5, 0.6) is 0 Å². The lowest BCUT2D eigenvalue weighted by atomic mass is 10.2. The van der Waals surface area contributed by atoms with Gasteiger partial charge in [-0.25, -0.2) is 4.79 Å². The van der Waals surface area contributed by atoms with Crippen molar-refractivity contribution in [3.8, 4) is 0 Å². The minimum Gasteiger partial charge on any atom is -0.444 e. The number of rotatable bonds is 1. The van der Waals surface area contributed by atoms with Crippen LogP contribution < -0.4 is 0 Å². The van der Waals surface area contributed by atoms with Gasteiger partial charge in [-0.05, 0) is 20.8 Å². The third kappa shape index (κ3) is 3.18. The van der Waals surface area contributed by atoms with Crippen molar-refractivity contribution in [2.75, 3.05) is 6.54 Å². The molecule has 1 rings (SSSR count). The fourth-order valence-electron chi connectivity index (χ4n) is 1.50. The molecule has 6 heteroatoms. The van der Waals surface area contributed by atoms with Crippen LogP contribution in [0.4, 0.5) is 4.79 Å². The van der Waals surface area contributed by atoms with E-state index in [9.17, 15) is 9.59 Å². The van der Waals surface area contributed by atoms with Crippen LogP contribution >= 0.6 is 0 Å². The number of aliphatic hydroxyl groups is 2. The van der Waals surface area contributed by atoms with Gasteiger partial charge in [-0.15, -0.1) is 0 Å². The summed E-state index contributed by atoms with van der Waals surface area (Å²) in [7, 11) is 0. The summed E-state index contributed by atoms with van der Waals surface area (Å²) in [5.41, 5.74) is -0.673. The van der Waals surface area contributed by atoms with Crippen molar-refractivity contribution < 1.29 is 24.5 Å². The van der Waals surface area contributed by atoms with E-state index in [1.807, 2.05) is 0 Å². The molecule has 0 bridgehead atoms. The van der Waals surface area contributed by atoms with Gasteiger partial charge in [-0.1, -0.05) is 0 Å². The summed E-state index contributed by atoms with van der Waals surface area (Å²) in [4.78, 5) is 23.9. The number of nitrogens with zero attached hydrogens (tertiary/aromatic N) is 1. The first-order valence-corrected chi connectivity index (χ1v) is 5.08. The smallest absolute Gasteiger partial charge is 0.411 e. The average molecular weight is 231 g/mol. The molecule has 1 heterocycles. The Morgan fingerprint density at radius 3 is 2.50 bits per heavy atom. The Hall–Kier alpha value is -1.14. The Morgan fingerprint density at radius 1 is 1.50 bits per heavy atom. The molecular weight excluding hydrogens is 214 g/mol. The Labute approximate surface area is 93.8 Å². The van der Waals surface area contributed by atoms with Crippen LogP contribution in [-0.2, 0) is 9.53 Å². The molecule has 1 amide bonds. The van der Waals surface area contributed by atoms with Gasteiger partial charge >= 0.3 is 6.09 Å². The average Bonchev–Trinajstić information content (AvgIpc) is 2.44. The van der Waals surface area contributed by atoms with E-state index in [4.69, 9.17) is 14.9 Å². The number of likely N-dealkylation sites (tertiary alicyclic amines) is 1. The van der Waals surface area contributed by atoms with Crippen molar-refractivity contribution in [2.24, 2.45) is 0 Å². The number of carbonyl (C=O) groups is 2. The van der Waals surface area contributed by atoms with E-state index in [1.54, 1.807) is 20.8 Å². The summed E-state index contributed by atoms with van der Waals surface area (Å²) in [5.74, 6) is -0.205. The highest BCUT2D eigenvalue weighted by molar-refractivity contribution is 5.88. The number of ketones is 1. The van der Waals surface area contributed by atoms with E-state index in [-0.39, 0.29) is 18.7 Å². The van der Waals surface area contributed by atoms with Crippen LogP contribution in [0.2, 0.25) is 0 Å². The van der Waals surface area contributed by atoms with Gasteiger partial charge in [0.2, 0.25) is 0 Å². The van der Waals surface area contributed by atoms with Crippen LogP contribution in [0.1, 0.15) is 27.2 Å². The van der Waals surface area contributed by atoms with Gasteiger partial charge in [-0.3, -0.25) is 9.69 Å². The quantitative estimate of drug-likeness (QED) is 0.614. The van der Waals surface area contributed by atoms with Gasteiger partial charge in [0.1, 0.15) is 5.60 Å². The second-order valence-electron chi connectivity index (χ2n) is 4.83. The number of hydrogen-bond acceptors (Lipinski definition) is 5. The Kier molecular flexibility index (Phi) is 3.54. The fraction of sp³-hybridized carbons (Fsp3) is 0.800. The highest BCUT2D eigenvalue weighted by atomic mass is 16.6. The zero-order chi connectivity index (χ0) is 12.5. The summed E-state index contributed by atoms with van der Waals surface area (Å²) in [6, 6.07) is -0.901. The third-order valence-corrected chi connectivity index (χ3v) is 2.16. The van der Waals surface area contributed by atoms with Crippen molar-refractivity contribution >= 4 is 11.9 Å². The minimum absolute atomic E-state index is 0.0447. The predicted molar refractivity (Wildman–Crippen MR) is 54.6 cm³/mol.